The molecule has 11 aromatic carbocycles. The molecule has 0 saturated heterocycles. The Morgan fingerprint density at radius 3 is 0.878 bits per heavy atom. The second-order valence-corrected chi connectivity index (χ2v) is 22.2. The van der Waals surface area contributed by atoms with Gasteiger partial charge < -0.3 is 13.3 Å². The summed E-state index contributed by atoms with van der Waals surface area (Å²) in [6.07, 6.45) is 0. The lowest BCUT2D eigenvalue weighted by Gasteiger charge is -2.09. The minimum Gasteiger partial charge on any atom is -0.455 e. The van der Waals surface area contributed by atoms with E-state index in [-0.39, 0.29) is 0 Å². The standard InChI is InChI=1S/2C29H20N2O.C23H16N2O/c1-19-30-26(22-12-7-11-21(17-22)20-9-3-2-4-10-20)18-27(31-19)25-15-8-14-24-23-13-5-6-16-28(23)32-29(24)25;1-19-30-26(22-16-14-21(15-17-22)20-8-3-2-4-9-20)18-27(31-19)25-12-7-11-24-23-10-5-6-13-28(23)32-29(24)25;1-15-24-20(16-8-3-2-4-9-16)14-21(25-15)19-12-7-11-18-17-10-5-6-13-22(17)26-23(18)19/h2*2-18H,1H3;2-14H,1H3. The van der Waals surface area contributed by atoms with E-state index in [1.807, 2.05) is 118 Å². The van der Waals surface area contributed by atoms with Gasteiger partial charge in [-0.25, -0.2) is 29.9 Å². The number of aromatic nitrogens is 6. The first-order valence-corrected chi connectivity index (χ1v) is 30.0. The van der Waals surface area contributed by atoms with E-state index in [2.05, 4.69) is 198 Å². The Hall–Kier alpha value is -11.9. The SMILES string of the molecule is Cc1nc(-c2ccc(-c3ccccc3)cc2)cc(-c2cccc3c2oc2ccccc23)n1.Cc1nc(-c2cccc(-c3ccccc3)c2)cc(-c2cccc3c2oc2ccccc23)n1.Cc1nc(-c2ccccc2)cc(-c2cccc3c2oc2ccccc23)n1. The van der Waals surface area contributed by atoms with Crippen molar-refractivity contribution in [1.29, 1.82) is 0 Å². The lowest BCUT2D eigenvalue weighted by atomic mass is 10.0. The van der Waals surface area contributed by atoms with Crippen LogP contribution in [0.4, 0.5) is 0 Å². The summed E-state index contributed by atoms with van der Waals surface area (Å²) in [4.78, 5) is 28.3. The van der Waals surface area contributed by atoms with Gasteiger partial charge in [0.2, 0.25) is 0 Å². The summed E-state index contributed by atoms with van der Waals surface area (Å²) in [5, 5.41) is 6.66. The molecule has 9 nitrogen and oxygen atoms in total. The third-order valence-corrected chi connectivity index (χ3v) is 16.2. The van der Waals surface area contributed by atoms with Gasteiger partial charge in [0.1, 0.15) is 51.0 Å². The zero-order chi connectivity index (χ0) is 60.5. The fourth-order valence-electron chi connectivity index (χ4n) is 12.0. The van der Waals surface area contributed by atoms with Crippen LogP contribution >= 0.6 is 0 Å². The Morgan fingerprint density at radius 1 is 0.200 bits per heavy atom. The predicted molar refractivity (Wildman–Crippen MR) is 366 cm³/mol. The van der Waals surface area contributed by atoms with Crippen LogP contribution < -0.4 is 0 Å². The van der Waals surface area contributed by atoms with Gasteiger partial charge in [-0.15, -0.1) is 0 Å². The molecule has 0 aliphatic carbocycles. The van der Waals surface area contributed by atoms with Crippen LogP contribution in [0.5, 0.6) is 0 Å². The van der Waals surface area contributed by atoms with Gasteiger partial charge in [0.05, 0.1) is 34.2 Å². The molecule has 0 radical (unpaired) electrons. The Kier molecular flexibility index (Phi) is 14.4. The first kappa shape index (κ1) is 54.7. The summed E-state index contributed by atoms with van der Waals surface area (Å²) in [6, 6.07) is 97.1. The van der Waals surface area contributed by atoms with E-state index in [1.54, 1.807) is 0 Å². The highest BCUT2D eigenvalue weighted by molar-refractivity contribution is 6.11. The van der Waals surface area contributed by atoms with Gasteiger partial charge in [-0.2, -0.15) is 0 Å². The number of furan rings is 3. The summed E-state index contributed by atoms with van der Waals surface area (Å²) < 4.78 is 18.6. The molecule has 0 spiro atoms. The highest BCUT2D eigenvalue weighted by atomic mass is 16.3. The van der Waals surface area contributed by atoms with E-state index in [4.69, 9.17) is 33.2 Å². The van der Waals surface area contributed by atoms with Crippen molar-refractivity contribution in [3.05, 3.63) is 303 Å². The van der Waals surface area contributed by atoms with Gasteiger partial charge in [-0.3, -0.25) is 0 Å². The molecular weight excluding hydrogens is 1100 g/mol. The number of hydrogen-bond acceptors (Lipinski definition) is 9. The van der Waals surface area contributed by atoms with Gasteiger partial charge in [0.25, 0.3) is 0 Å². The second-order valence-electron chi connectivity index (χ2n) is 22.2. The molecule has 0 saturated carbocycles. The zero-order valence-corrected chi connectivity index (χ0v) is 49.5. The van der Waals surface area contributed by atoms with Crippen molar-refractivity contribution < 1.29 is 13.3 Å². The third kappa shape index (κ3) is 10.8. The van der Waals surface area contributed by atoms with Crippen molar-refractivity contribution in [2.75, 3.05) is 0 Å². The summed E-state index contributed by atoms with van der Waals surface area (Å²) in [6.45, 7) is 5.80. The molecule has 0 aliphatic heterocycles. The molecule has 90 heavy (non-hydrogen) atoms. The number of fused-ring (bicyclic) bond motifs is 9. The highest BCUT2D eigenvalue weighted by Crippen LogP contribution is 2.40. The van der Waals surface area contributed by atoms with Crippen LogP contribution in [-0.4, -0.2) is 29.9 Å². The number of para-hydroxylation sites is 6. The monoisotopic (exact) mass is 1160 g/mol. The lowest BCUT2D eigenvalue weighted by molar-refractivity contribution is 0.669. The van der Waals surface area contributed by atoms with E-state index in [9.17, 15) is 0 Å². The topological polar surface area (TPSA) is 117 Å². The van der Waals surface area contributed by atoms with Crippen molar-refractivity contribution in [2.45, 2.75) is 20.8 Å². The van der Waals surface area contributed by atoms with Crippen molar-refractivity contribution in [2.24, 2.45) is 0 Å². The smallest absolute Gasteiger partial charge is 0.144 e. The Labute approximate surface area is 519 Å². The van der Waals surface area contributed by atoms with E-state index in [0.29, 0.717) is 0 Å². The molecule has 17 rings (SSSR count). The predicted octanol–water partition coefficient (Wildman–Crippen LogP) is 21.4. The molecule has 0 aliphatic rings. The van der Waals surface area contributed by atoms with E-state index in [1.165, 1.54) is 22.3 Å². The number of nitrogens with zero attached hydrogens (tertiary/aromatic N) is 6. The molecule has 9 heteroatoms. The van der Waals surface area contributed by atoms with Crippen LogP contribution in [-0.2, 0) is 0 Å². The van der Waals surface area contributed by atoms with Gasteiger partial charge >= 0.3 is 0 Å². The van der Waals surface area contributed by atoms with E-state index < -0.39 is 0 Å². The third-order valence-electron chi connectivity index (χ3n) is 16.2. The molecular formula is C81H56N6O3. The van der Waals surface area contributed by atoms with E-state index in [0.717, 1.165) is 151 Å². The molecule has 0 N–H and O–H groups in total. The molecule has 0 atom stereocenters. The molecule has 428 valence electrons. The number of aryl methyl sites for hydroxylation is 3. The maximum absolute atomic E-state index is 6.24. The summed E-state index contributed by atoms with van der Waals surface area (Å²) in [5.74, 6) is 2.21. The zero-order valence-electron chi connectivity index (χ0n) is 49.5. The quantitative estimate of drug-likeness (QED) is 0.147. The van der Waals surface area contributed by atoms with Crippen LogP contribution in [0, 0.1) is 20.8 Å². The maximum Gasteiger partial charge on any atom is 0.144 e. The van der Waals surface area contributed by atoms with Crippen LogP contribution in [0.1, 0.15) is 17.5 Å². The van der Waals surface area contributed by atoms with Gasteiger partial charge in [-0.1, -0.05) is 224 Å². The first-order valence-electron chi connectivity index (χ1n) is 30.0. The Bertz CT molecular complexity index is 5460. The van der Waals surface area contributed by atoms with Crippen molar-refractivity contribution in [3.8, 4) is 89.8 Å². The second kappa shape index (κ2) is 23.7. The summed E-state index contributed by atoms with van der Waals surface area (Å²) >= 11 is 0. The van der Waals surface area contributed by atoms with Crippen LogP contribution in [0.2, 0.25) is 0 Å². The molecule has 6 aromatic heterocycles. The molecule has 0 unspecified atom stereocenters. The summed E-state index contributed by atoms with van der Waals surface area (Å²) in [7, 11) is 0. The molecule has 0 amide bonds. The number of benzene rings is 11. The minimum atomic E-state index is 0.732. The Morgan fingerprint density at radius 2 is 0.467 bits per heavy atom. The lowest BCUT2D eigenvalue weighted by Crippen LogP contribution is -1.95. The number of rotatable bonds is 8. The van der Waals surface area contributed by atoms with Crippen molar-refractivity contribution in [3.63, 3.8) is 0 Å². The van der Waals surface area contributed by atoms with E-state index >= 15 is 0 Å². The normalized spacial score (nSPS) is 11.3. The molecule has 6 heterocycles. The van der Waals surface area contributed by atoms with Gasteiger partial charge in [0.15, 0.2) is 0 Å². The fraction of sp³-hybridized carbons (Fsp3) is 0.0370. The average molecular weight is 1160 g/mol. The summed E-state index contributed by atoms with van der Waals surface area (Å²) in [5.41, 5.74) is 21.5. The molecule has 0 fully saturated rings. The van der Waals surface area contributed by atoms with Crippen LogP contribution in [0.15, 0.2) is 298 Å². The largest absolute Gasteiger partial charge is 0.455 e. The molecule has 0 bridgehead atoms. The Balaban J connectivity index is 0.000000113. The van der Waals surface area contributed by atoms with Gasteiger partial charge in [0, 0.05) is 65.7 Å². The highest BCUT2D eigenvalue weighted by Gasteiger charge is 2.19. The van der Waals surface area contributed by atoms with Crippen LogP contribution in [0.25, 0.3) is 156 Å². The number of hydrogen-bond donors (Lipinski definition) is 0. The van der Waals surface area contributed by atoms with Crippen molar-refractivity contribution >= 4 is 65.8 Å². The maximum atomic E-state index is 6.24. The van der Waals surface area contributed by atoms with Crippen molar-refractivity contribution in [1.82, 2.24) is 29.9 Å². The fourth-order valence-corrected chi connectivity index (χ4v) is 12.0. The average Bonchev–Trinajstić information content (AvgIpc) is 2.01. The van der Waals surface area contributed by atoms with Gasteiger partial charge in [-0.05, 0) is 104 Å². The molecule has 17 aromatic rings. The van der Waals surface area contributed by atoms with Crippen LogP contribution in [0.3, 0.4) is 0 Å². The first-order chi connectivity index (χ1) is 44.3. The minimum absolute atomic E-state index is 0.732.